The summed E-state index contributed by atoms with van der Waals surface area (Å²) in [6, 6.07) is -1.16. The number of aliphatic hydroxyl groups excluding tert-OH is 10. The van der Waals surface area contributed by atoms with E-state index in [9.17, 15) is 75.7 Å². The van der Waals surface area contributed by atoms with E-state index in [0.29, 0.717) is 12.8 Å². The zero-order chi connectivity index (χ0) is 49.7. The molecule has 14 N–H and O–H groups in total. The van der Waals surface area contributed by atoms with Crippen LogP contribution in [0.1, 0.15) is 91.9 Å². The fourth-order valence-corrected chi connectivity index (χ4v) is 7.48. The van der Waals surface area contributed by atoms with Crippen LogP contribution in [0.2, 0.25) is 0 Å². The number of aliphatic hydroxyl groups is 11. The second kappa shape index (κ2) is 29.4. The molecule has 0 aliphatic carbocycles. The van der Waals surface area contributed by atoms with E-state index in [1.165, 1.54) is 39.0 Å². The molecule has 0 bridgehead atoms. The first-order chi connectivity index (χ1) is 30.9. The van der Waals surface area contributed by atoms with Gasteiger partial charge in [-0.1, -0.05) is 79.8 Å². The Kier molecular flexibility index (Phi) is 26.1. The number of hydrogen-bond donors (Lipinski definition) is 13. The molecule has 376 valence electrons. The van der Waals surface area contributed by atoms with E-state index in [4.69, 9.17) is 19.9 Å². The zero-order valence-corrected chi connectivity index (χ0v) is 38.2. The van der Waals surface area contributed by atoms with Crippen LogP contribution in [0, 0.1) is 11.8 Å². The van der Waals surface area contributed by atoms with Crippen LogP contribution >= 0.6 is 0 Å². The van der Waals surface area contributed by atoms with Gasteiger partial charge in [-0.2, -0.15) is 0 Å². The highest BCUT2D eigenvalue weighted by Crippen LogP contribution is 2.27. The average molecular weight is 942 g/mol. The second-order valence-corrected chi connectivity index (χ2v) is 17.6. The molecule has 0 aromatic rings. The molecule has 0 radical (unpaired) electrons. The zero-order valence-electron chi connectivity index (χ0n) is 38.2. The summed E-state index contributed by atoms with van der Waals surface area (Å²) < 4.78 is 16.9. The molecule has 2 aliphatic heterocycles. The van der Waals surface area contributed by atoms with Crippen molar-refractivity contribution in [3.8, 4) is 0 Å². The number of carboxylic acids is 1. The number of rotatable bonds is 3. The Balaban J connectivity index is 2.29. The number of allylic oxidation sites excluding steroid dienone is 10. The predicted octanol–water partition coefficient (Wildman–Crippen LogP) is -0.107. The Labute approximate surface area is 386 Å². The third-order valence-electron chi connectivity index (χ3n) is 11.8. The van der Waals surface area contributed by atoms with Gasteiger partial charge < -0.3 is 81.2 Å². The average Bonchev–Trinajstić information content (AvgIpc) is 3.22. The van der Waals surface area contributed by atoms with Crippen LogP contribution in [-0.2, 0) is 28.6 Å². The maximum absolute atomic E-state index is 12.9. The van der Waals surface area contributed by atoms with Gasteiger partial charge in [-0.15, -0.1) is 0 Å². The summed E-state index contributed by atoms with van der Waals surface area (Å²) in [5, 5.41) is 127. The molecule has 0 spiro atoms. The van der Waals surface area contributed by atoms with Crippen molar-refractivity contribution < 1.29 is 89.9 Å². The summed E-state index contributed by atoms with van der Waals surface area (Å²) in [6.45, 7) is 6.04. The van der Waals surface area contributed by atoms with Gasteiger partial charge in [0.05, 0.1) is 79.6 Å². The minimum atomic E-state index is -1.96. The van der Waals surface area contributed by atoms with Crippen molar-refractivity contribution in [1.29, 1.82) is 0 Å². The minimum Gasteiger partial charge on any atom is -0.481 e. The van der Waals surface area contributed by atoms with E-state index in [1.807, 2.05) is 18.2 Å². The Hall–Kier alpha value is -3.51. The van der Waals surface area contributed by atoms with Crippen molar-refractivity contribution in [2.75, 3.05) is 0 Å². The number of nitrogens with two attached hydrogens (primary N) is 1. The molecule has 0 unspecified atom stereocenters. The van der Waals surface area contributed by atoms with Crippen LogP contribution in [0.15, 0.2) is 72.9 Å². The van der Waals surface area contributed by atoms with Crippen LogP contribution in [-0.4, -0.2) is 176 Å². The lowest BCUT2D eigenvalue weighted by Gasteiger charge is -2.41. The van der Waals surface area contributed by atoms with E-state index < -0.39 is 153 Å². The van der Waals surface area contributed by atoms with Crippen molar-refractivity contribution >= 4 is 17.7 Å². The highest BCUT2D eigenvalue weighted by molar-refractivity contribution is 5.81. The number of carboxylic acid groups (broad SMARTS) is 1. The Morgan fingerprint density at radius 1 is 0.682 bits per heavy atom. The van der Waals surface area contributed by atoms with E-state index in [0.717, 1.165) is 0 Å². The number of ether oxygens (including phenoxy) is 3. The Bertz CT molecular complexity index is 1650. The van der Waals surface area contributed by atoms with Gasteiger partial charge in [0.1, 0.15) is 29.5 Å². The van der Waals surface area contributed by atoms with Gasteiger partial charge in [0.2, 0.25) is 0 Å². The summed E-state index contributed by atoms with van der Waals surface area (Å²) in [5.41, 5.74) is 4.27. The third kappa shape index (κ3) is 20.8. The van der Waals surface area contributed by atoms with Gasteiger partial charge in [-0.25, -0.2) is 0 Å². The molecule has 66 heavy (non-hydrogen) atoms. The highest BCUT2D eigenvalue weighted by Gasteiger charge is 2.43. The molecular formula is C47H75NO18. The normalized spacial score (nSPS) is 43.2. The van der Waals surface area contributed by atoms with Crippen LogP contribution in [0.4, 0.5) is 0 Å². The van der Waals surface area contributed by atoms with Crippen molar-refractivity contribution in [2.45, 2.75) is 189 Å². The molecule has 1 saturated heterocycles. The molecule has 2 rings (SSSR count). The van der Waals surface area contributed by atoms with E-state index in [1.54, 1.807) is 43.4 Å². The fourth-order valence-electron chi connectivity index (χ4n) is 7.48. The molecule has 19 nitrogen and oxygen atoms in total. The van der Waals surface area contributed by atoms with E-state index >= 15 is 0 Å². The topological polar surface area (TPSA) is 348 Å². The Morgan fingerprint density at radius 3 is 1.89 bits per heavy atom. The maximum atomic E-state index is 12.9. The number of hydrogen-bond acceptors (Lipinski definition) is 18. The number of aliphatic carboxylic acids is 1. The molecular weight excluding hydrogens is 867 g/mol. The molecule has 1 fully saturated rings. The van der Waals surface area contributed by atoms with E-state index in [-0.39, 0.29) is 25.7 Å². The van der Waals surface area contributed by atoms with Crippen LogP contribution in [0.5, 0.6) is 0 Å². The molecule has 0 saturated carbocycles. The number of Topliss-reactive ketones (excluding diaryl/α,β-unsaturated/α-hetero) is 1. The molecule has 19 heteroatoms. The monoisotopic (exact) mass is 941 g/mol. The summed E-state index contributed by atoms with van der Waals surface area (Å²) in [6.07, 6.45) is -1.60. The lowest BCUT2D eigenvalue weighted by Crippen LogP contribution is -2.61. The SMILES string of the molecule is C[C@H]1[C@H](C)OC(=O)C[C@H](O)C[C@H](O)C[C@H](O)CC[C@H](O)[C@H](O)CC(=O)C[C@H](O)[C@H](C(=O)O)[C@H](O)C[C@H](O[C@@H]2O[C@H](C)[C@@H](O)[C@H](N)[C@@H]2O)/C=C/C=C/C=C/C=C/CC/C=C/C=C/[C@@](C)(O)[C@H]1O. The first-order valence-electron chi connectivity index (χ1n) is 22.5. The summed E-state index contributed by atoms with van der Waals surface area (Å²) in [4.78, 5) is 37.8. The van der Waals surface area contributed by atoms with Crippen LogP contribution in [0.3, 0.4) is 0 Å². The molecule has 2 aliphatic rings. The fraction of sp³-hybridized carbons (Fsp3) is 0.681. The maximum Gasteiger partial charge on any atom is 0.311 e. The smallest absolute Gasteiger partial charge is 0.311 e. The molecule has 0 amide bonds. The van der Waals surface area contributed by atoms with Gasteiger partial charge in [0.15, 0.2) is 6.29 Å². The quantitative estimate of drug-likeness (QED) is 0.164. The third-order valence-corrected chi connectivity index (χ3v) is 11.8. The van der Waals surface area contributed by atoms with Crippen LogP contribution in [0.25, 0.3) is 0 Å². The largest absolute Gasteiger partial charge is 0.481 e. The van der Waals surface area contributed by atoms with Crippen molar-refractivity contribution in [2.24, 2.45) is 17.6 Å². The Morgan fingerprint density at radius 2 is 1.26 bits per heavy atom. The number of carbonyl (C=O) groups is 3. The van der Waals surface area contributed by atoms with Crippen LogP contribution < -0.4 is 5.73 Å². The number of cyclic esters (lactones) is 1. The molecule has 18 atom stereocenters. The summed E-state index contributed by atoms with van der Waals surface area (Å²) in [5.74, 6) is -6.01. The van der Waals surface area contributed by atoms with Crippen molar-refractivity contribution in [3.63, 3.8) is 0 Å². The molecule has 0 aromatic carbocycles. The lowest BCUT2D eigenvalue weighted by molar-refractivity contribution is -0.277. The standard InChI is InChI=1S/C47H75NO18/c1-27-28(2)64-39(57)25-32(51)22-31(50)21-30(49)18-19-35(53)36(54)23-33(52)24-37(55)40(45(61)62)38(56)26-34(66-46-43(59)41(48)42(58)29(3)65-46)17-15-13-11-9-7-5-6-8-10-12-14-16-20-47(4,63)44(27)60/h5-7,9,11-17,20,27-32,34-38,40-44,46,49-51,53-56,58-60,63H,8,10,18-19,21-26,48H2,1-4H3,(H,61,62)/b6-5+,9-7+,13-11+,14-12+,17-15+,20-16+/t27-,28-,29+,30+,31+,32+,34+,35-,36+,37-,38+,40-,41-,42+,43-,44-,46-,47+/m0/s1. The van der Waals surface area contributed by atoms with Gasteiger partial charge in [-0.05, 0) is 59.3 Å². The highest BCUT2D eigenvalue weighted by atomic mass is 16.7. The summed E-state index contributed by atoms with van der Waals surface area (Å²) >= 11 is 0. The van der Waals surface area contributed by atoms with Crippen molar-refractivity contribution in [3.05, 3.63) is 72.9 Å². The second-order valence-electron chi connectivity index (χ2n) is 17.6. The van der Waals surface area contributed by atoms with Crippen molar-refractivity contribution in [1.82, 2.24) is 0 Å². The molecule has 2 heterocycles. The first kappa shape index (κ1) is 58.6. The van der Waals surface area contributed by atoms with Gasteiger partial charge in [-0.3, -0.25) is 14.4 Å². The number of esters is 1. The first-order valence-corrected chi connectivity index (χ1v) is 22.5. The van der Waals surface area contributed by atoms with Gasteiger partial charge in [0.25, 0.3) is 0 Å². The number of ketones is 1. The lowest BCUT2D eigenvalue weighted by atomic mass is 9.86. The predicted molar refractivity (Wildman–Crippen MR) is 240 cm³/mol. The van der Waals surface area contributed by atoms with Gasteiger partial charge in [0, 0.05) is 25.2 Å². The summed E-state index contributed by atoms with van der Waals surface area (Å²) in [7, 11) is 0. The molecule has 0 aromatic heterocycles. The van der Waals surface area contributed by atoms with Gasteiger partial charge >= 0.3 is 11.9 Å². The van der Waals surface area contributed by atoms with E-state index in [2.05, 4.69) is 0 Å². The number of carbonyl (C=O) groups excluding carboxylic acids is 2. The minimum absolute atomic E-state index is 0.166.